The first-order chi connectivity index (χ1) is 9.47. The highest BCUT2D eigenvalue weighted by Gasteiger charge is 2.15. The molecule has 7 heteroatoms. The zero-order chi connectivity index (χ0) is 14.3. The van der Waals surface area contributed by atoms with Crippen LogP contribution in [0.4, 0.5) is 0 Å². The molecule has 6 nitrogen and oxygen atoms in total. The van der Waals surface area contributed by atoms with E-state index in [1.807, 2.05) is 25.1 Å². The molecule has 0 aliphatic rings. The average Bonchev–Trinajstić information content (AvgIpc) is 2.76. The third-order valence-electron chi connectivity index (χ3n) is 2.99. The SMILES string of the molecule is Cc1cc(-c2cccnc2)n2nc(S(C)(=O)=O)ncc12. The molecule has 0 fully saturated rings. The van der Waals surface area contributed by atoms with Crippen LogP contribution in [0.25, 0.3) is 16.8 Å². The number of fused-ring (bicyclic) bond motifs is 1. The van der Waals surface area contributed by atoms with Gasteiger partial charge in [0.2, 0.25) is 9.84 Å². The van der Waals surface area contributed by atoms with Crippen LogP contribution in [0.3, 0.4) is 0 Å². The molecule has 3 heterocycles. The van der Waals surface area contributed by atoms with Crippen LogP contribution in [-0.4, -0.2) is 34.3 Å². The first-order valence-corrected chi connectivity index (χ1v) is 7.82. The van der Waals surface area contributed by atoms with Gasteiger partial charge in [0.25, 0.3) is 5.16 Å². The lowest BCUT2D eigenvalue weighted by Gasteiger charge is -2.03. The molecule has 0 unspecified atom stereocenters. The number of aryl methyl sites for hydroxylation is 1. The molecule has 0 aromatic carbocycles. The zero-order valence-corrected chi connectivity index (χ0v) is 11.8. The molecule has 0 amide bonds. The summed E-state index contributed by atoms with van der Waals surface area (Å²) in [7, 11) is -3.44. The fraction of sp³-hybridized carbons (Fsp3) is 0.154. The summed E-state index contributed by atoms with van der Waals surface area (Å²) in [5, 5.41) is 3.94. The number of hydrogen-bond donors (Lipinski definition) is 0. The Morgan fingerprint density at radius 3 is 2.70 bits per heavy atom. The number of aromatic nitrogens is 4. The van der Waals surface area contributed by atoms with E-state index >= 15 is 0 Å². The van der Waals surface area contributed by atoms with Gasteiger partial charge < -0.3 is 0 Å². The van der Waals surface area contributed by atoms with Crippen molar-refractivity contribution >= 4 is 15.4 Å². The minimum Gasteiger partial charge on any atom is -0.264 e. The second-order valence-electron chi connectivity index (χ2n) is 4.56. The van der Waals surface area contributed by atoms with Gasteiger partial charge in [-0.2, -0.15) is 0 Å². The Morgan fingerprint density at radius 1 is 1.25 bits per heavy atom. The van der Waals surface area contributed by atoms with Crippen LogP contribution in [-0.2, 0) is 9.84 Å². The van der Waals surface area contributed by atoms with Crippen LogP contribution < -0.4 is 0 Å². The highest BCUT2D eigenvalue weighted by Crippen LogP contribution is 2.24. The molecule has 20 heavy (non-hydrogen) atoms. The summed E-state index contributed by atoms with van der Waals surface area (Å²) in [5.74, 6) is 0. The highest BCUT2D eigenvalue weighted by atomic mass is 32.2. The lowest BCUT2D eigenvalue weighted by Crippen LogP contribution is -2.08. The summed E-state index contributed by atoms with van der Waals surface area (Å²) in [6, 6.07) is 5.66. The van der Waals surface area contributed by atoms with E-state index in [1.165, 1.54) is 6.20 Å². The van der Waals surface area contributed by atoms with Crippen LogP contribution in [0.5, 0.6) is 0 Å². The van der Waals surface area contributed by atoms with Gasteiger partial charge >= 0.3 is 0 Å². The first kappa shape index (κ1) is 12.7. The van der Waals surface area contributed by atoms with Gasteiger partial charge in [0, 0.05) is 24.2 Å². The van der Waals surface area contributed by atoms with Crippen molar-refractivity contribution in [3.8, 4) is 11.3 Å². The standard InChI is InChI=1S/C13H12N4O2S/c1-9-6-11(10-4-3-5-14-7-10)17-12(9)8-15-13(16-17)20(2,18)19/h3-8H,1-2H3. The monoisotopic (exact) mass is 288 g/mol. The number of hydrogen-bond acceptors (Lipinski definition) is 5. The van der Waals surface area contributed by atoms with Crippen molar-refractivity contribution < 1.29 is 8.42 Å². The Bertz CT molecular complexity index is 885. The predicted molar refractivity (Wildman–Crippen MR) is 74.1 cm³/mol. The summed E-state index contributed by atoms with van der Waals surface area (Å²) < 4.78 is 24.8. The van der Waals surface area contributed by atoms with E-state index in [0.29, 0.717) is 0 Å². The maximum absolute atomic E-state index is 11.6. The van der Waals surface area contributed by atoms with Crippen molar-refractivity contribution in [2.24, 2.45) is 0 Å². The van der Waals surface area contributed by atoms with Gasteiger partial charge in [-0.15, -0.1) is 5.10 Å². The highest BCUT2D eigenvalue weighted by molar-refractivity contribution is 7.90. The third-order valence-corrected chi connectivity index (χ3v) is 3.84. The molecule has 0 aliphatic carbocycles. The fourth-order valence-electron chi connectivity index (χ4n) is 2.02. The number of pyridine rings is 1. The van der Waals surface area contributed by atoms with Crippen molar-refractivity contribution in [2.75, 3.05) is 6.26 Å². The van der Waals surface area contributed by atoms with Crippen molar-refractivity contribution in [3.05, 3.63) is 42.4 Å². The van der Waals surface area contributed by atoms with Gasteiger partial charge in [-0.1, -0.05) is 0 Å². The van der Waals surface area contributed by atoms with Gasteiger partial charge in [-0.05, 0) is 30.7 Å². The van der Waals surface area contributed by atoms with Crippen molar-refractivity contribution in [2.45, 2.75) is 12.1 Å². The molecule has 3 aromatic heterocycles. The molecule has 0 aliphatic heterocycles. The van der Waals surface area contributed by atoms with Crippen LogP contribution in [0.15, 0.2) is 41.9 Å². The lowest BCUT2D eigenvalue weighted by molar-refractivity contribution is 0.587. The van der Waals surface area contributed by atoms with Crippen molar-refractivity contribution in [1.82, 2.24) is 19.6 Å². The first-order valence-electron chi connectivity index (χ1n) is 5.92. The molecule has 0 saturated heterocycles. The Hall–Kier alpha value is -2.28. The molecule has 0 saturated carbocycles. The number of nitrogens with zero attached hydrogens (tertiary/aromatic N) is 4. The van der Waals surface area contributed by atoms with E-state index in [0.717, 1.165) is 28.6 Å². The van der Waals surface area contributed by atoms with Gasteiger partial charge in [0.15, 0.2) is 0 Å². The largest absolute Gasteiger partial charge is 0.265 e. The molecular weight excluding hydrogens is 276 g/mol. The van der Waals surface area contributed by atoms with Gasteiger partial charge in [-0.25, -0.2) is 17.9 Å². The van der Waals surface area contributed by atoms with Crippen LogP contribution >= 0.6 is 0 Å². The maximum atomic E-state index is 11.6. The maximum Gasteiger partial charge on any atom is 0.265 e. The van der Waals surface area contributed by atoms with E-state index in [4.69, 9.17) is 0 Å². The van der Waals surface area contributed by atoms with E-state index < -0.39 is 9.84 Å². The third kappa shape index (κ3) is 2.05. The van der Waals surface area contributed by atoms with Crippen LogP contribution in [0.1, 0.15) is 5.56 Å². The lowest BCUT2D eigenvalue weighted by atomic mass is 10.2. The molecule has 0 radical (unpaired) electrons. The Labute approximate surface area is 116 Å². The molecule has 0 atom stereocenters. The topological polar surface area (TPSA) is 77.2 Å². The van der Waals surface area contributed by atoms with E-state index in [9.17, 15) is 8.42 Å². The summed E-state index contributed by atoms with van der Waals surface area (Å²) in [4.78, 5) is 7.98. The number of sulfone groups is 1. The molecule has 0 spiro atoms. The van der Waals surface area contributed by atoms with Crippen LogP contribution in [0.2, 0.25) is 0 Å². The molecule has 0 bridgehead atoms. The Morgan fingerprint density at radius 2 is 2.05 bits per heavy atom. The smallest absolute Gasteiger partial charge is 0.264 e. The quantitative estimate of drug-likeness (QED) is 0.714. The van der Waals surface area contributed by atoms with E-state index in [1.54, 1.807) is 16.9 Å². The summed E-state index contributed by atoms with van der Waals surface area (Å²) >= 11 is 0. The van der Waals surface area contributed by atoms with Gasteiger partial charge in [0.05, 0.1) is 17.4 Å². The molecule has 3 rings (SSSR count). The second-order valence-corrected chi connectivity index (χ2v) is 6.47. The fourth-order valence-corrected chi connectivity index (χ4v) is 2.49. The molecule has 3 aromatic rings. The summed E-state index contributed by atoms with van der Waals surface area (Å²) in [5.41, 5.74) is 3.41. The molecule has 102 valence electrons. The van der Waals surface area contributed by atoms with Crippen LogP contribution in [0, 0.1) is 6.92 Å². The van der Waals surface area contributed by atoms with E-state index in [-0.39, 0.29) is 5.16 Å². The predicted octanol–water partition coefficient (Wildman–Crippen LogP) is 1.50. The van der Waals surface area contributed by atoms with Gasteiger partial charge in [-0.3, -0.25) is 4.98 Å². The minimum atomic E-state index is -3.44. The number of rotatable bonds is 2. The molecule has 0 N–H and O–H groups in total. The summed E-state index contributed by atoms with van der Waals surface area (Å²) in [6.45, 7) is 1.93. The Balaban J connectivity index is 2.33. The Kier molecular flexibility index (Phi) is 2.79. The second kappa shape index (κ2) is 4.38. The van der Waals surface area contributed by atoms with E-state index in [2.05, 4.69) is 15.1 Å². The normalized spacial score (nSPS) is 11.9. The zero-order valence-electron chi connectivity index (χ0n) is 11.0. The summed E-state index contributed by atoms with van der Waals surface area (Å²) in [6.07, 6.45) is 6.01. The van der Waals surface area contributed by atoms with Crippen molar-refractivity contribution in [3.63, 3.8) is 0 Å². The van der Waals surface area contributed by atoms with Crippen molar-refractivity contribution in [1.29, 1.82) is 0 Å². The molecular formula is C13H12N4O2S. The average molecular weight is 288 g/mol. The van der Waals surface area contributed by atoms with Gasteiger partial charge in [0.1, 0.15) is 0 Å². The minimum absolute atomic E-state index is 0.189.